The van der Waals surface area contributed by atoms with Crippen LogP contribution in [0.25, 0.3) is 0 Å². The number of ether oxygens (including phenoxy) is 2. The quantitative estimate of drug-likeness (QED) is 0.849. The van der Waals surface area contributed by atoms with Crippen molar-refractivity contribution in [1.82, 2.24) is 0 Å². The van der Waals surface area contributed by atoms with E-state index in [1.54, 1.807) is 31.2 Å². The molecule has 0 unspecified atom stereocenters. The number of hydrogen-bond donors (Lipinski definition) is 1. The van der Waals surface area contributed by atoms with Crippen LogP contribution >= 0.6 is 11.6 Å². The molecule has 0 aromatic heterocycles. The summed E-state index contributed by atoms with van der Waals surface area (Å²) in [6.07, 6.45) is 0. The Balaban J connectivity index is 2.63. The number of methoxy groups -OCH3 is 1. The van der Waals surface area contributed by atoms with Crippen molar-refractivity contribution in [1.29, 1.82) is 5.26 Å². The van der Waals surface area contributed by atoms with Crippen molar-refractivity contribution < 1.29 is 14.3 Å². The van der Waals surface area contributed by atoms with Gasteiger partial charge in [0.05, 0.1) is 18.6 Å². The summed E-state index contributed by atoms with van der Waals surface area (Å²) in [4.78, 5) is 12.0. The molecule has 2 rings (SSSR count). The molecule has 1 atom stereocenters. The molecule has 6 heteroatoms. The summed E-state index contributed by atoms with van der Waals surface area (Å²) >= 11 is 5.87. The van der Waals surface area contributed by atoms with E-state index in [0.717, 1.165) is 0 Å². The molecular weight excluding hydrogens is 292 g/mol. The number of carbonyl (C=O) groups excluding carboxylic acids is 1. The fraction of sp³-hybridized carbons (Fsp3) is 0.200. The van der Waals surface area contributed by atoms with Crippen LogP contribution in [-0.2, 0) is 14.3 Å². The van der Waals surface area contributed by atoms with Gasteiger partial charge in [-0.15, -0.1) is 0 Å². The second-order valence-electron chi connectivity index (χ2n) is 4.44. The number of benzene rings is 1. The highest BCUT2D eigenvalue weighted by atomic mass is 35.5. The number of halogens is 1. The van der Waals surface area contributed by atoms with Gasteiger partial charge >= 0.3 is 5.97 Å². The van der Waals surface area contributed by atoms with Crippen LogP contribution in [0.5, 0.6) is 0 Å². The van der Waals surface area contributed by atoms with E-state index in [1.165, 1.54) is 7.11 Å². The minimum atomic E-state index is -0.631. The van der Waals surface area contributed by atoms with Crippen LogP contribution < -0.4 is 5.73 Å². The SMILES string of the molecule is COC(=O)C1=C(C)OC(N)=C(C#N)[C@H]1c1ccc(Cl)cc1. The smallest absolute Gasteiger partial charge is 0.338 e. The molecule has 0 bridgehead atoms. The van der Waals surface area contributed by atoms with Crippen molar-refractivity contribution in [2.24, 2.45) is 5.73 Å². The van der Waals surface area contributed by atoms with E-state index in [2.05, 4.69) is 0 Å². The number of nitriles is 1. The largest absolute Gasteiger partial charge is 0.466 e. The van der Waals surface area contributed by atoms with E-state index < -0.39 is 11.9 Å². The zero-order valence-electron chi connectivity index (χ0n) is 11.5. The van der Waals surface area contributed by atoms with E-state index >= 15 is 0 Å². The Morgan fingerprint density at radius 2 is 2.05 bits per heavy atom. The molecule has 1 aromatic carbocycles. The Morgan fingerprint density at radius 3 is 2.57 bits per heavy atom. The molecule has 1 aliphatic heterocycles. The Kier molecular flexibility index (Phi) is 4.20. The third kappa shape index (κ3) is 2.71. The number of rotatable bonds is 2. The predicted molar refractivity (Wildman–Crippen MR) is 76.8 cm³/mol. The Morgan fingerprint density at radius 1 is 1.43 bits per heavy atom. The average molecular weight is 305 g/mol. The first-order valence-electron chi connectivity index (χ1n) is 6.11. The highest BCUT2D eigenvalue weighted by Crippen LogP contribution is 2.39. The van der Waals surface area contributed by atoms with Crippen molar-refractivity contribution in [3.05, 3.63) is 57.6 Å². The summed E-state index contributed by atoms with van der Waals surface area (Å²) in [6, 6.07) is 8.84. The first kappa shape index (κ1) is 14.9. The number of nitrogens with two attached hydrogens (primary N) is 1. The summed E-state index contributed by atoms with van der Waals surface area (Å²) in [7, 11) is 1.27. The monoisotopic (exact) mass is 304 g/mol. The zero-order valence-corrected chi connectivity index (χ0v) is 12.3. The van der Waals surface area contributed by atoms with Gasteiger partial charge in [-0.3, -0.25) is 0 Å². The van der Waals surface area contributed by atoms with Crippen molar-refractivity contribution >= 4 is 17.6 Å². The number of hydrogen-bond acceptors (Lipinski definition) is 5. The van der Waals surface area contributed by atoms with Crippen molar-refractivity contribution in [3.63, 3.8) is 0 Å². The van der Waals surface area contributed by atoms with Gasteiger partial charge < -0.3 is 15.2 Å². The highest BCUT2D eigenvalue weighted by Gasteiger charge is 2.35. The summed E-state index contributed by atoms with van der Waals surface area (Å²) in [5, 5.41) is 9.89. The van der Waals surface area contributed by atoms with Gasteiger partial charge in [-0.2, -0.15) is 5.26 Å². The molecule has 1 aromatic rings. The second-order valence-corrected chi connectivity index (χ2v) is 4.87. The molecule has 2 N–H and O–H groups in total. The first-order chi connectivity index (χ1) is 9.99. The van der Waals surface area contributed by atoms with Gasteiger partial charge in [0, 0.05) is 5.02 Å². The minimum absolute atomic E-state index is 0.0115. The number of allylic oxidation sites excluding steroid dienone is 2. The normalized spacial score (nSPS) is 18.1. The second kappa shape index (κ2) is 5.90. The third-order valence-electron chi connectivity index (χ3n) is 3.21. The molecule has 108 valence electrons. The van der Waals surface area contributed by atoms with E-state index in [4.69, 9.17) is 26.8 Å². The topological polar surface area (TPSA) is 85.3 Å². The lowest BCUT2D eigenvalue weighted by atomic mass is 9.83. The van der Waals surface area contributed by atoms with Gasteiger partial charge in [-0.25, -0.2) is 4.79 Å². The van der Waals surface area contributed by atoms with E-state index in [9.17, 15) is 10.1 Å². The van der Waals surface area contributed by atoms with Crippen molar-refractivity contribution in [3.8, 4) is 6.07 Å². The number of esters is 1. The maximum atomic E-state index is 12.0. The fourth-order valence-corrected chi connectivity index (χ4v) is 2.37. The predicted octanol–water partition coefficient (Wildman–Crippen LogP) is 2.59. The van der Waals surface area contributed by atoms with E-state index in [0.29, 0.717) is 16.3 Å². The summed E-state index contributed by atoms with van der Waals surface area (Å²) in [5.74, 6) is -0.887. The molecule has 0 saturated carbocycles. The van der Waals surface area contributed by atoms with Crippen LogP contribution in [0.15, 0.2) is 47.1 Å². The molecule has 0 spiro atoms. The fourth-order valence-electron chi connectivity index (χ4n) is 2.24. The first-order valence-corrected chi connectivity index (χ1v) is 6.49. The molecule has 0 aliphatic carbocycles. The molecule has 1 heterocycles. The van der Waals surface area contributed by atoms with Crippen molar-refractivity contribution in [2.45, 2.75) is 12.8 Å². The van der Waals surface area contributed by atoms with Crippen LogP contribution in [-0.4, -0.2) is 13.1 Å². The molecule has 1 aliphatic rings. The maximum Gasteiger partial charge on any atom is 0.338 e. The standard InChI is InChI=1S/C15H13ClN2O3/c1-8-12(15(19)20-2)13(11(7-17)14(18)21-8)9-3-5-10(16)6-4-9/h3-6,13H,18H2,1-2H3/t13-/m1/s1. The van der Waals surface area contributed by atoms with Crippen LogP contribution in [0.1, 0.15) is 18.4 Å². The van der Waals surface area contributed by atoms with Crippen LogP contribution in [0.3, 0.4) is 0 Å². The average Bonchev–Trinajstić information content (AvgIpc) is 2.46. The lowest BCUT2D eigenvalue weighted by Gasteiger charge is -2.26. The molecule has 0 saturated heterocycles. The van der Waals surface area contributed by atoms with Crippen LogP contribution in [0, 0.1) is 11.3 Å². The minimum Gasteiger partial charge on any atom is -0.466 e. The van der Waals surface area contributed by atoms with Gasteiger partial charge in [-0.1, -0.05) is 23.7 Å². The third-order valence-corrected chi connectivity index (χ3v) is 3.47. The summed E-state index contributed by atoms with van der Waals surface area (Å²) in [6.45, 7) is 1.61. The van der Waals surface area contributed by atoms with Gasteiger partial charge in [0.1, 0.15) is 17.4 Å². The van der Waals surface area contributed by atoms with Gasteiger partial charge in [0.15, 0.2) is 0 Å². The number of nitrogens with zero attached hydrogens (tertiary/aromatic N) is 1. The molecule has 0 fully saturated rings. The molecular formula is C15H13ClN2O3. The zero-order chi connectivity index (χ0) is 15.6. The van der Waals surface area contributed by atoms with Crippen LogP contribution in [0.4, 0.5) is 0 Å². The lowest BCUT2D eigenvalue weighted by molar-refractivity contribution is -0.136. The van der Waals surface area contributed by atoms with E-state index in [1.807, 2.05) is 6.07 Å². The molecule has 5 nitrogen and oxygen atoms in total. The van der Waals surface area contributed by atoms with Gasteiger partial charge in [0.2, 0.25) is 5.88 Å². The van der Waals surface area contributed by atoms with Gasteiger partial charge in [-0.05, 0) is 24.6 Å². The highest BCUT2D eigenvalue weighted by molar-refractivity contribution is 6.30. The molecule has 0 radical (unpaired) electrons. The lowest BCUT2D eigenvalue weighted by Crippen LogP contribution is -2.25. The van der Waals surface area contributed by atoms with Crippen molar-refractivity contribution in [2.75, 3.05) is 7.11 Å². The summed E-state index contributed by atoms with van der Waals surface area (Å²) in [5.41, 5.74) is 6.90. The Labute approximate surface area is 127 Å². The molecule has 0 amide bonds. The Bertz CT molecular complexity index is 684. The van der Waals surface area contributed by atoms with E-state index in [-0.39, 0.29) is 17.0 Å². The number of carbonyl (C=O) groups is 1. The maximum absolute atomic E-state index is 12.0. The van der Waals surface area contributed by atoms with Gasteiger partial charge in [0.25, 0.3) is 0 Å². The Hall–Kier alpha value is -2.45. The molecule has 21 heavy (non-hydrogen) atoms. The van der Waals surface area contributed by atoms with Crippen LogP contribution in [0.2, 0.25) is 5.02 Å². The summed E-state index contributed by atoms with van der Waals surface area (Å²) < 4.78 is 10.1.